The molecule has 0 unspecified atom stereocenters. The van der Waals surface area contributed by atoms with Gasteiger partial charge in [0.15, 0.2) is 0 Å². The van der Waals surface area contributed by atoms with Crippen LogP contribution in [0.1, 0.15) is 49.9 Å². The molecule has 2 aromatic carbocycles. The van der Waals surface area contributed by atoms with Gasteiger partial charge < -0.3 is 15.4 Å². The predicted molar refractivity (Wildman–Crippen MR) is 121 cm³/mol. The Morgan fingerprint density at radius 3 is 2.55 bits per heavy atom. The van der Waals surface area contributed by atoms with E-state index in [1.165, 1.54) is 32.1 Å². The van der Waals surface area contributed by atoms with Crippen LogP contribution in [0.2, 0.25) is 0 Å². The number of nitrogens with zero attached hydrogens (tertiary/aromatic N) is 1. The molecule has 4 bridgehead atoms. The number of amides is 1. The summed E-state index contributed by atoms with van der Waals surface area (Å²) in [5.41, 5.74) is 3.62. The maximum Gasteiger partial charge on any atom is 0.224 e. The summed E-state index contributed by atoms with van der Waals surface area (Å²) in [7, 11) is 0. The molecule has 0 radical (unpaired) electrons. The maximum atomic E-state index is 12.9. The fraction of sp³-hybridized carbons (Fsp3) is 0.462. The zero-order valence-electron chi connectivity index (χ0n) is 17.7. The van der Waals surface area contributed by atoms with Gasteiger partial charge in [-0.25, -0.2) is 4.98 Å². The van der Waals surface area contributed by atoms with Crippen molar-refractivity contribution >= 4 is 22.6 Å². The minimum absolute atomic E-state index is 0.146. The molecule has 4 aliphatic carbocycles. The fourth-order valence-electron chi connectivity index (χ4n) is 6.88. The highest BCUT2D eigenvalue weighted by molar-refractivity contribution is 5.93. The van der Waals surface area contributed by atoms with Crippen molar-refractivity contribution in [3.63, 3.8) is 0 Å². The smallest absolute Gasteiger partial charge is 0.224 e. The third-order valence-corrected chi connectivity index (χ3v) is 7.94. The Labute approximate surface area is 182 Å². The van der Waals surface area contributed by atoms with Gasteiger partial charge in [0.05, 0.1) is 11.0 Å². The van der Waals surface area contributed by atoms with Crippen LogP contribution >= 0.6 is 0 Å². The van der Waals surface area contributed by atoms with Crippen molar-refractivity contribution in [2.45, 2.75) is 44.9 Å². The second-order valence-corrected chi connectivity index (χ2v) is 10.1. The van der Waals surface area contributed by atoms with Gasteiger partial charge in [-0.3, -0.25) is 4.79 Å². The van der Waals surface area contributed by atoms with E-state index >= 15 is 0 Å². The van der Waals surface area contributed by atoms with Crippen molar-refractivity contribution in [1.82, 2.24) is 9.97 Å². The van der Waals surface area contributed by atoms with Crippen LogP contribution in [0.5, 0.6) is 5.75 Å². The van der Waals surface area contributed by atoms with E-state index in [-0.39, 0.29) is 11.7 Å². The van der Waals surface area contributed by atoms with Crippen molar-refractivity contribution in [1.29, 1.82) is 0 Å². The van der Waals surface area contributed by atoms with Crippen LogP contribution in [0, 0.1) is 29.6 Å². The number of aromatic amines is 1. The molecule has 1 heterocycles. The Hall–Kier alpha value is -2.82. The predicted octanol–water partition coefficient (Wildman–Crippen LogP) is 5.26. The monoisotopic (exact) mass is 415 g/mol. The fourth-order valence-corrected chi connectivity index (χ4v) is 6.88. The molecule has 1 amide bonds. The molecule has 0 atom stereocenters. The quantitative estimate of drug-likeness (QED) is 0.532. The molecule has 0 aliphatic heterocycles. The molecule has 160 valence electrons. The summed E-state index contributed by atoms with van der Waals surface area (Å²) in [6.07, 6.45) is 8.15. The second-order valence-electron chi connectivity index (χ2n) is 10.1. The number of benzene rings is 2. The van der Waals surface area contributed by atoms with Crippen LogP contribution in [0.25, 0.3) is 11.0 Å². The lowest BCUT2D eigenvalue weighted by molar-refractivity contribution is -0.121. The SMILES string of the molecule is O=C(CC1C2CC3CC(C2)CC1C3)Nc1ccc2[nH]c(Cc3cccc(O)c3)nc2c1. The van der Waals surface area contributed by atoms with E-state index in [0.717, 1.165) is 51.8 Å². The molecule has 0 saturated heterocycles. The highest BCUT2D eigenvalue weighted by Gasteiger charge is 2.48. The van der Waals surface area contributed by atoms with E-state index in [4.69, 9.17) is 4.98 Å². The lowest BCUT2D eigenvalue weighted by atomic mass is 9.51. The van der Waals surface area contributed by atoms with Gasteiger partial charge in [0.1, 0.15) is 11.6 Å². The summed E-state index contributed by atoms with van der Waals surface area (Å²) < 4.78 is 0. The number of fused-ring (bicyclic) bond motifs is 1. The highest BCUT2D eigenvalue weighted by Crippen LogP contribution is 2.57. The number of H-pyrrole nitrogens is 1. The summed E-state index contributed by atoms with van der Waals surface area (Å²) in [5.74, 6) is 5.26. The molecule has 5 nitrogen and oxygen atoms in total. The van der Waals surface area contributed by atoms with Gasteiger partial charge in [-0.2, -0.15) is 0 Å². The lowest BCUT2D eigenvalue weighted by Gasteiger charge is -2.54. The van der Waals surface area contributed by atoms with Gasteiger partial charge in [0.25, 0.3) is 0 Å². The first-order valence-electron chi connectivity index (χ1n) is 11.7. The van der Waals surface area contributed by atoms with Crippen LogP contribution < -0.4 is 5.32 Å². The first kappa shape index (κ1) is 18.9. The highest BCUT2D eigenvalue weighted by atomic mass is 16.3. The van der Waals surface area contributed by atoms with E-state index in [1.807, 2.05) is 30.3 Å². The van der Waals surface area contributed by atoms with Gasteiger partial charge >= 0.3 is 0 Å². The van der Waals surface area contributed by atoms with Crippen LogP contribution in [-0.4, -0.2) is 21.0 Å². The van der Waals surface area contributed by atoms with Crippen LogP contribution in [0.15, 0.2) is 42.5 Å². The number of carbonyl (C=O) groups excluding carboxylic acids is 1. The molecule has 0 spiro atoms. The standard InChI is InChI=1S/C26H29N3O2/c30-21-3-1-2-15(11-21)12-25-28-23-5-4-20(13-24(23)29-25)27-26(31)14-22-18-7-16-6-17(9-18)10-19(22)8-16/h1-5,11,13,16-19,22,30H,6-10,12,14H2,(H,27,31)(H,28,29). The Morgan fingerprint density at radius 1 is 1.03 bits per heavy atom. The van der Waals surface area contributed by atoms with Crippen molar-refractivity contribution < 1.29 is 9.90 Å². The molecule has 5 heteroatoms. The summed E-state index contributed by atoms with van der Waals surface area (Å²) in [6, 6.07) is 13.1. The Bertz CT molecular complexity index is 1110. The number of anilines is 1. The third-order valence-electron chi connectivity index (χ3n) is 7.94. The summed E-state index contributed by atoms with van der Waals surface area (Å²) in [5, 5.41) is 12.8. The number of carbonyl (C=O) groups is 1. The normalized spacial score (nSPS) is 28.8. The van der Waals surface area contributed by atoms with Gasteiger partial charge in [-0.05, 0) is 97.6 Å². The van der Waals surface area contributed by atoms with Crippen molar-refractivity contribution in [3.8, 4) is 5.75 Å². The minimum atomic E-state index is 0.146. The number of aromatic hydroxyl groups is 1. The first-order valence-corrected chi connectivity index (χ1v) is 11.7. The average molecular weight is 416 g/mol. The van der Waals surface area contributed by atoms with E-state index in [2.05, 4.69) is 10.3 Å². The number of aromatic nitrogens is 2. The number of hydrogen-bond donors (Lipinski definition) is 3. The summed E-state index contributed by atoms with van der Waals surface area (Å²) in [6.45, 7) is 0. The number of imidazole rings is 1. The Morgan fingerprint density at radius 2 is 1.81 bits per heavy atom. The van der Waals surface area contributed by atoms with Crippen LogP contribution in [0.3, 0.4) is 0 Å². The molecule has 3 N–H and O–H groups in total. The van der Waals surface area contributed by atoms with E-state index < -0.39 is 0 Å². The Kier molecular flexibility index (Phi) is 4.51. The number of rotatable bonds is 5. The number of nitrogens with one attached hydrogen (secondary N) is 2. The summed E-state index contributed by atoms with van der Waals surface area (Å²) in [4.78, 5) is 20.9. The van der Waals surface area contributed by atoms with Crippen molar-refractivity contribution in [2.24, 2.45) is 29.6 Å². The maximum absolute atomic E-state index is 12.9. The first-order chi connectivity index (χ1) is 15.1. The van der Waals surface area contributed by atoms with Gasteiger partial charge in [0.2, 0.25) is 5.91 Å². The van der Waals surface area contributed by atoms with Gasteiger partial charge in [-0.15, -0.1) is 0 Å². The molecule has 7 rings (SSSR count). The number of phenols is 1. The molecule has 31 heavy (non-hydrogen) atoms. The zero-order valence-corrected chi connectivity index (χ0v) is 17.7. The van der Waals surface area contributed by atoms with Crippen molar-refractivity contribution in [2.75, 3.05) is 5.32 Å². The summed E-state index contributed by atoms with van der Waals surface area (Å²) >= 11 is 0. The molecule has 1 aromatic heterocycles. The average Bonchev–Trinajstić information content (AvgIpc) is 3.11. The molecule has 4 aliphatic rings. The van der Waals surface area contributed by atoms with E-state index in [1.54, 1.807) is 12.1 Å². The number of hydrogen-bond acceptors (Lipinski definition) is 3. The van der Waals surface area contributed by atoms with Crippen molar-refractivity contribution in [3.05, 3.63) is 53.9 Å². The third kappa shape index (κ3) is 3.71. The molecule has 3 aromatic rings. The number of phenolic OH excluding ortho intramolecular Hbond substituents is 1. The zero-order chi connectivity index (χ0) is 20.9. The molecular weight excluding hydrogens is 386 g/mol. The van der Waals surface area contributed by atoms with E-state index in [0.29, 0.717) is 18.8 Å². The van der Waals surface area contributed by atoms with Gasteiger partial charge in [0, 0.05) is 18.5 Å². The topological polar surface area (TPSA) is 78.0 Å². The largest absolute Gasteiger partial charge is 0.508 e. The lowest BCUT2D eigenvalue weighted by Crippen LogP contribution is -2.46. The Balaban J connectivity index is 1.13. The molecule has 4 saturated carbocycles. The van der Waals surface area contributed by atoms with Gasteiger partial charge in [-0.1, -0.05) is 12.1 Å². The molecule has 4 fully saturated rings. The van der Waals surface area contributed by atoms with Crippen LogP contribution in [-0.2, 0) is 11.2 Å². The second kappa shape index (κ2) is 7.40. The van der Waals surface area contributed by atoms with E-state index in [9.17, 15) is 9.90 Å². The van der Waals surface area contributed by atoms with Crippen LogP contribution in [0.4, 0.5) is 5.69 Å². The molecular formula is C26H29N3O2. The minimum Gasteiger partial charge on any atom is -0.508 e.